The molecule has 3 aliphatic rings. The van der Waals surface area contributed by atoms with Crippen LogP contribution in [-0.4, -0.2) is 17.4 Å². The molecule has 4 rings (SSSR count). The summed E-state index contributed by atoms with van der Waals surface area (Å²) in [6, 6.07) is 6.34. The van der Waals surface area contributed by atoms with Gasteiger partial charge < -0.3 is 5.11 Å². The second kappa shape index (κ2) is 6.54. The van der Waals surface area contributed by atoms with Crippen molar-refractivity contribution in [3.63, 3.8) is 0 Å². The molecule has 0 aliphatic heterocycles. The second-order valence-corrected chi connectivity index (χ2v) is 8.58. The van der Waals surface area contributed by atoms with E-state index >= 15 is 0 Å². The summed E-state index contributed by atoms with van der Waals surface area (Å²) in [6.07, 6.45) is 4.59. The molecule has 3 fully saturated rings. The molecule has 1 aromatic carbocycles. The zero-order valence-electron chi connectivity index (χ0n) is 10.1. The fourth-order valence-electron chi connectivity index (χ4n) is 2.46. The van der Waals surface area contributed by atoms with Crippen LogP contribution in [0, 0.1) is 18.8 Å². The summed E-state index contributed by atoms with van der Waals surface area (Å²) < 4.78 is 0. The Hall–Kier alpha value is 0.153. The topological polar surface area (TPSA) is 32.6 Å². The number of rotatable bonds is 2. The fourth-order valence-corrected chi connectivity index (χ4v) is 2.46. The monoisotopic (exact) mass is 361 g/mol. The van der Waals surface area contributed by atoms with Crippen molar-refractivity contribution in [2.45, 2.75) is 25.8 Å². The third kappa shape index (κ3) is 3.00. The van der Waals surface area contributed by atoms with Gasteiger partial charge in [0.05, 0.1) is 6.04 Å². The molecule has 1 aromatic rings. The summed E-state index contributed by atoms with van der Waals surface area (Å²) in [6.45, 7) is 1.91. The zero-order valence-corrected chi connectivity index (χ0v) is 14.1. The molecule has 0 spiro atoms. The van der Waals surface area contributed by atoms with E-state index in [1.807, 2.05) is 31.3 Å². The van der Waals surface area contributed by atoms with Gasteiger partial charge in [-0.1, -0.05) is 12.1 Å². The van der Waals surface area contributed by atoms with Crippen molar-refractivity contribution in [1.82, 2.24) is 0 Å². The molecule has 0 heterocycles. The van der Waals surface area contributed by atoms with Crippen LogP contribution in [0.25, 0.3) is 0 Å². The summed E-state index contributed by atoms with van der Waals surface area (Å²) in [5.41, 5.74) is 1.76. The molecule has 18 heavy (non-hydrogen) atoms. The molecule has 5 heteroatoms. The Labute approximate surface area is 126 Å². The van der Waals surface area contributed by atoms with Crippen LogP contribution in [0.15, 0.2) is 23.2 Å². The van der Waals surface area contributed by atoms with Gasteiger partial charge in [-0.15, -0.1) is 0 Å². The third-order valence-corrected chi connectivity index (χ3v) is 3.83. The number of hydrogen-bond donors (Lipinski definition) is 1. The van der Waals surface area contributed by atoms with E-state index in [4.69, 9.17) is 17.0 Å². The Morgan fingerprint density at radius 2 is 1.94 bits per heavy atom. The summed E-state index contributed by atoms with van der Waals surface area (Å²) in [5, 5.41) is 9.79. The van der Waals surface area contributed by atoms with E-state index in [0.717, 1.165) is 23.0 Å². The van der Waals surface area contributed by atoms with Gasteiger partial charge in [0.25, 0.3) is 0 Å². The Kier molecular flexibility index (Phi) is 5.29. The quantitative estimate of drug-likeness (QED) is 0.794. The molecule has 1 N–H and O–H groups in total. The molecular formula is C13H15Cl2NOZr. The number of nitrogens with zero attached hydrogens (tertiary/aromatic N) is 1. The van der Waals surface area contributed by atoms with Gasteiger partial charge in [-0.2, -0.15) is 0 Å². The number of benzene rings is 1. The molecule has 0 aromatic heterocycles. The predicted molar refractivity (Wildman–Crippen MR) is 72.1 cm³/mol. The molecule has 3 saturated carbocycles. The van der Waals surface area contributed by atoms with Gasteiger partial charge in [-0.25, -0.2) is 0 Å². The van der Waals surface area contributed by atoms with E-state index in [0.29, 0.717) is 11.8 Å². The molecule has 2 nitrogen and oxygen atoms in total. The minimum absolute atomic E-state index is 0.370. The maximum absolute atomic E-state index is 9.79. The molecule has 0 unspecified atom stereocenters. The van der Waals surface area contributed by atoms with Crippen LogP contribution < -0.4 is 0 Å². The van der Waals surface area contributed by atoms with Crippen LogP contribution >= 0.6 is 17.0 Å². The number of aliphatic imine (C=N–C) groups is 1. The first-order valence-corrected chi connectivity index (χ1v) is 12.3. The van der Waals surface area contributed by atoms with Crippen LogP contribution in [-0.2, 0) is 20.8 Å². The number of phenols is 1. The third-order valence-electron chi connectivity index (χ3n) is 3.83. The summed E-state index contributed by atoms with van der Waals surface area (Å²) in [5.74, 6) is 2.06. The van der Waals surface area contributed by atoms with E-state index in [1.165, 1.54) is 12.8 Å². The number of halogens is 2. The van der Waals surface area contributed by atoms with Gasteiger partial charge in [-0.05, 0) is 43.2 Å². The molecule has 2 bridgehead atoms. The molecule has 0 amide bonds. The first kappa shape index (κ1) is 14.6. The van der Waals surface area contributed by atoms with Crippen LogP contribution in [0.2, 0.25) is 0 Å². The predicted octanol–water partition coefficient (Wildman–Crippen LogP) is 3.90. The van der Waals surface area contributed by atoms with Gasteiger partial charge in [0.1, 0.15) is 5.75 Å². The van der Waals surface area contributed by atoms with Crippen LogP contribution in [0.4, 0.5) is 0 Å². The molecule has 3 aliphatic carbocycles. The average molecular weight is 363 g/mol. The standard InChI is InChI=1S/C13H15NO.2ClH.Zr/c1-8-3-2-4-9(13(8)15)7-14-12-10-5-11(12)6-10;;;/h2-4,7,10-12,15H,5-6H2,1H3;2*1H;/q;;;+2/p-2. The first-order valence-electron chi connectivity index (χ1n) is 5.95. The molecular weight excluding hydrogens is 348 g/mol. The minimum atomic E-state index is -0.826. The van der Waals surface area contributed by atoms with E-state index in [2.05, 4.69) is 4.99 Å². The maximum atomic E-state index is 9.79. The van der Waals surface area contributed by atoms with Crippen LogP contribution in [0.1, 0.15) is 24.0 Å². The van der Waals surface area contributed by atoms with Crippen molar-refractivity contribution >= 4 is 23.2 Å². The summed E-state index contributed by atoms with van der Waals surface area (Å²) >= 11 is -0.826. The number of phenolic OH excluding ortho intramolecular Hbond substituents is 1. The average Bonchev–Trinajstić information content (AvgIpc) is 2.22. The number of hydrogen-bond acceptors (Lipinski definition) is 2. The van der Waals surface area contributed by atoms with E-state index in [-0.39, 0.29) is 0 Å². The summed E-state index contributed by atoms with van der Waals surface area (Å²) in [7, 11) is 9.87. The molecule has 0 atom stereocenters. The summed E-state index contributed by atoms with van der Waals surface area (Å²) in [4.78, 5) is 4.55. The van der Waals surface area contributed by atoms with Crippen molar-refractivity contribution in [1.29, 1.82) is 0 Å². The van der Waals surface area contributed by atoms with Crippen molar-refractivity contribution in [3.8, 4) is 5.75 Å². The Bertz CT molecular complexity index is 439. The molecule has 0 saturated heterocycles. The van der Waals surface area contributed by atoms with Gasteiger partial charge in [-0.3, -0.25) is 4.99 Å². The Morgan fingerprint density at radius 3 is 2.44 bits per heavy atom. The van der Waals surface area contributed by atoms with Gasteiger partial charge in [0.15, 0.2) is 0 Å². The van der Waals surface area contributed by atoms with Crippen molar-refractivity contribution in [3.05, 3.63) is 29.3 Å². The first-order chi connectivity index (χ1) is 8.67. The van der Waals surface area contributed by atoms with E-state index in [9.17, 15) is 5.11 Å². The Morgan fingerprint density at radius 1 is 1.33 bits per heavy atom. The van der Waals surface area contributed by atoms with Crippen molar-refractivity contribution in [2.24, 2.45) is 16.8 Å². The van der Waals surface area contributed by atoms with Gasteiger partial charge >= 0.3 is 37.9 Å². The fraction of sp³-hybridized carbons (Fsp3) is 0.462. The Balaban J connectivity index is 0.000000367. The molecule has 0 radical (unpaired) electrons. The van der Waals surface area contributed by atoms with E-state index < -0.39 is 20.8 Å². The second-order valence-electron chi connectivity index (χ2n) is 4.84. The molecule has 96 valence electrons. The SMILES string of the molecule is Cc1cccc(C=NC2C3CC2C3)c1O.[Cl][Zr][Cl]. The number of para-hydroxylation sites is 1. The van der Waals surface area contributed by atoms with E-state index in [1.54, 1.807) is 0 Å². The van der Waals surface area contributed by atoms with Gasteiger partial charge in [0, 0.05) is 11.8 Å². The number of aryl methyl sites for hydroxylation is 1. The van der Waals surface area contributed by atoms with Crippen LogP contribution in [0.5, 0.6) is 5.75 Å². The zero-order chi connectivity index (χ0) is 13.1. The van der Waals surface area contributed by atoms with Crippen molar-refractivity contribution < 1.29 is 26.0 Å². The van der Waals surface area contributed by atoms with Gasteiger partial charge in [0.2, 0.25) is 0 Å². The number of aromatic hydroxyl groups is 1. The van der Waals surface area contributed by atoms with Crippen molar-refractivity contribution in [2.75, 3.05) is 0 Å². The normalized spacial score (nSPS) is 27.8. The van der Waals surface area contributed by atoms with Crippen LogP contribution in [0.3, 0.4) is 0 Å².